The van der Waals surface area contributed by atoms with Gasteiger partial charge in [0.1, 0.15) is 5.76 Å². The quantitative estimate of drug-likeness (QED) is 0.471. The van der Waals surface area contributed by atoms with Crippen molar-refractivity contribution in [2.75, 3.05) is 47.0 Å². The zero-order chi connectivity index (χ0) is 23.2. The summed E-state index contributed by atoms with van der Waals surface area (Å²) in [6, 6.07) is 12.0. The van der Waals surface area contributed by atoms with Gasteiger partial charge < -0.3 is 19.5 Å². The van der Waals surface area contributed by atoms with Gasteiger partial charge in [0.2, 0.25) is 11.9 Å². The molecule has 0 spiro atoms. The van der Waals surface area contributed by atoms with Crippen molar-refractivity contribution in [3.8, 4) is 0 Å². The van der Waals surface area contributed by atoms with Crippen LogP contribution in [0, 0.1) is 0 Å². The molecule has 0 atom stereocenters. The molecule has 2 saturated heterocycles. The largest absolute Gasteiger partial charge is 0.467 e. The number of hydrogen-bond donors (Lipinski definition) is 1. The highest BCUT2D eigenvalue weighted by molar-refractivity contribution is 7.99. The lowest BCUT2D eigenvalue weighted by molar-refractivity contribution is -0.113. The number of nitrogens with one attached hydrogen (secondary N) is 1. The Morgan fingerprint density at radius 1 is 0.912 bits per heavy atom. The van der Waals surface area contributed by atoms with Crippen LogP contribution in [0.2, 0.25) is 0 Å². The molecule has 4 heterocycles. The van der Waals surface area contributed by atoms with E-state index in [-0.39, 0.29) is 11.7 Å². The molecule has 2 aliphatic heterocycles. The summed E-state index contributed by atoms with van der Waals surface area (Å²) >= 11 is 1.41. The summed E-state index contributed by atoms with van der Waals surface area (Å²) in [5.41, 5.74) is 2.04. The molecule has 1 N–H and O–H groups in total. The third kappa shape index (κ3) is 5.58. The van der Waals surface area contributed by atoms with Gasteiger partial charge in [0.25, 0.3) is 0 Å². The fraction of sp³-hybridized carbons (Fsp3) is 0.480. The summed E-state index contributed by atoms with van der Waals surface area (Å²) in [5, 5.41) is 12.6. The average Bonchev–Trinajstić information content (AvgIpc) is 3.55. The van der Waals surface area contributed by atoms with E-state index in [1.165, 1.54) is 43.1 Å². The maximum atomic E-state index is 12.7. The van der Waals surface area contributed by atoms with Crippen molar-refractivity contribution in [1.82, 2.24) is 14.8 Å². The molecule has 2 fully saturated rings. The molecule has 0 aliphatic carbocycles. The fourth-order valence-electron chi connectivity index (χ4n) is 4.65. The number of rotatable bonds is 8. The predicted octanol–water partition coefficient (Wildman–Crippen LogP) is 4.63. The highest BCUT2D eigenvalue weighted by Crippen LogP contribution is 2.26. The van der Waals surface area contributed by atoms with Crippen LogP contribution in [0.5, 0.6) is 0 Å². The molecule has 1 aromatic carbocycles. The van der Waals surface area contributed by atoms with Gasteiger partial charge in [-0.3, -0.25) is 9.36 Å². The number of amides is 1. The Morgan fingerprint density at radius 3 is 2.29 bits per heavy atom. The van der Waals surface area contributed by atoms with Crippen LogP contribution in [-0.4, -0.2) is 52.6 Å². The molecule has 1 amide bonds. The van der Waals surface area contributed by atoms with Crippen LogP contribution in [-0.2, 0) is 11.3 Å². The molecule has 2 aliphatic rings. The Labute approximate surface area is 204 Å². The molecule has 9 heteroatoms. The minimum absolute atomic E-state index is 0.0530. The summed E-state index contributed by atoms with van der Waals surface area (Å²) in [4.78, 5) is 17.4. The van der Waals surface area contributed by atoms with Gasteiger partial charge in [-0.15, -0.1) is 10.2 Å². The molecule has 0 bridgehead atoms. The third-order valence-electron chi connectivity index (χ3n) is 6.43. The van der Waals surface area contributed by atoms with E-state index in [0.29, 0.717) is 6.54 Å². The van der Waals surface area contributed by atoms with E-state index >= 15 is 0 Å². The van der Waals surface area contributed by atoms with Crippen LogP contribution in [0.15, 0.2) is 52.2 Å². The molecule has 0 saturated carbocycles. The molecule has 0 radical (unpaired) electrons. The van der Waals surface area contributed by atoms with E-state index in [0.717, 1.165) is 61.6 Å². The van der Waals surface area contributed by atoms with Crippen LogP contribution in [0.4, 0.5) is 17.3 Å². The number of carbonyl (C=O) groups is 1. The van der Waals surface area contributed by atoms with Crippen molar-refractivity contribution in [2.45, 2.75) is 50.2 Å². The second-order valence-electron chi connectivity index (χ2n) is 8.93. The predicted molar refractivity (Wildman–Crippen MR) is 136 cm³/mol. The summed E-state index contributed by atoms with van der Waals surface area (Å²) in [6.45, 7) is 4.73. The van der Waals surface area contributed by atoms with E-state index in [9.17, 15) is 4.79 Å². The number of hydrogen-bond acceptors (Lipinski definition) is 7. The first-order valence-electron chi connectivity index (χ1n) is 12.2. The number of furan rings is 1. The number of benzene rings is 1. The van der Waals surface area contributed by atoms with Crippen LogP contribution >= 0.6 is 11.8 Å². The van der Waals surface area contributed by atoms with E-state index in [4.69, 9.17) is 4.42 Å². The number of thioether (sulfide) groups is 1. The Morgan fingerprint density at radius 2 is 1.62 bits per heavy atom. The molecule has 3 aromatic rings. The highest BCUT2D eigenvalue weighted by atomic mass is 32.2. The second-order valence-corrected chi connectivity index (χ2v) is 9.87. The van der Waals surface area contributed by atoms with Gasteiger partial charge in [-0.2, -0.15) is 0 Å². The first kappa shape index (κ1) is 22.8. The van der Waals surface area contributed by atoms with Crippen molar-refractivity contribution < 1.29 is 9.21 Å². The summed E-state index contributed by atoms with van der Waals surface area (Å²) in [7, 11) is 0. The smallest absolute Gasteiger partial charge is 0.234 e. The number of anilines is 3. The SMILES string of the molecule is O=C(CSc1nnc(N2CCCCC2)n1Cc1ccco1)Nc1ccc(N2CCCCC2)cc1. The van der Waals surface area contributed by atoms with Crippen molar-refractivity contribution in [2.24, 2.45) is 0 Å². The number of carbonyl (C=O) groups excluding carboxylic acids is 1. The fourth-order valence-corrected chi connectivity index (χ4v) is 5.38. The Balaban J connectivity index is 1.21. The van der Waals surface area contributed by atoms with Crippen LogP contribution in [0.1, 0.15) is 44.3 Å². The zero-order valence-corrected chi connectivity index (χ0v) is 20.3. The van der Waals surface area contributed by atoms with E-state index < -0.39 is 0 Å². The molecule has 34 heavy (non-hydrogen) atoms. The number of nitrogens with zero attached hydrogens (tertiary/aromatic N) is 5. The van der Waals surface area contributed by atoms with Gasteiger partial charge in [0.15, 0.2) is 5.16 Å². The lowest BCUT2D eigenvalue weighted by Gasteiger charge is -2.28. The molecular formula is C25H32N6O2S. The Hall–Kier alpha value is -2.94. The summed E-state index contributed by atoms with van der Waals surface area (Å²) in [5.74, 6) is 1.91. The molecular weight excluding hydrogens is 448 g/mol. The number of piperidine rings is 2. The van der Waals surface area contributed by atoms with Crippen LogP contribution in [0.25, 0.3) is 0 Å². The van der Waals surface area contributed by atoms with E-state index in [1.54, 1.807) is 6.26 Å². The van der Waals surface area contributed by atoms with Crippen LogP contribution < -0.4 is 15.1 Å². The van der Waals surface area contributed by atoms with E-state index in [1.807, 2.05) is 24.3 Å². The summed E-state index contributed by atoms with van der Waals surface area (Å²) in [6.07, 6.45) is 9.07. The van der Waals surface area contributed by atoms with Gasteiger partial charge in [-0.25, -0.2) is 0 Å². The monoisotopic (exact) mass is 480 g/mol. The topological polar surface area (TPSA) is 79.4 Å². The van der Waals surface area contributed by atoms with Gasteiger partial charge in [-0.1, -0.05) is 11.8 Å². The van der Waals surface area contributed by atoms with Crippen molar-refractivity contribution in [3.63, 3.8) is 0 Å². The Bertz CT molecular complexity index is 1050. The molecule has 180 valence electrons. The second kappa shape index (κ2) is 11.0. The molecule has 8 nitrogen and oxygen atoms in total. The number of aromatic nitrogens is 3. The first-order valence-corrected chi connectivity index (χ1v) is 13.2. The maximum absolute atomic E-state index is 12.7. The van der Waals surface area contributed by atoms with Crippen molar-refractivity contribution in [1.29, 1.82) is 0 Å². The van der Waals surface area contributed by atoms with Crippen molar-refractivity contribution >= 4 is 35.0 Å². The molecule has 0 unspecified atom stereocenters. The van der Waals surface area contributed by atoms with Gasteiger partial charge in [0.05, 0.1) is 18.6 Å². The third-order valence-corrected chi connectivity index (χ3v) is 7.40. The highest BCUT2D eigenvalue weighted by Gasteiger charge is 2.22. The Kier molecular flexibility index (Phi) is 7.38. The minimum atomic E-state index is -0.0530. The minimum Gasteiger partial charge on any atom is -0.467 e. The average molecular weight is 481 g/mol. The standard InChI is InChI=1S/C25H32N6O2S/c32-23(26-20-9-11-21(12-10-20)29-13-3-1-4-14-29)19-34-25-28-27-24(30-15-5-2-6-16-30)31(25)18-22-8-7-17-33-22/h7-12,17H,1-6,13-16,18-19H2,(H,26,32). The normalized spacial score (nSPS) is 16.6. The molecule has 5 rings (SSSR count). The zero-order valence-electron chi connectivity index (χ0n) is 19.5. The summed E-state index contributed by atoms with van der Waals surface area (Å²) < 4.78 is 7.64. The maximum Gasteiger partial charge on any atom is 0.234 e. The molecule has 2 aromatic heterocycles. The lowest BCUT2D eigenvalue weighted by Crippen LogP contribution is -2.32. The van der Waals surface area contributed by atoms with Gasteiger partial charge >= 0.3 is 0 Å². The van der Waals surface area contributed by atoms with Crippen LogP contribution in [0.3, 0.4) is 0 Å². The van der Waals surface area contributed by atoms with Gasteiger partial charge in [0, 0.05) is 37.6 Å². The van der Waals surface area contributed by atoms with E-state index in [2.05, 4.69) is 42.0 Å². The van der Waals surface area contributed by atoms with Crippen molar-refractivity contribution in [3.05, 3.63) is 48.4 Å². The van der Waals surface area contributed by atoms with Gasteiger partial charge in [-0.05, 0) is 74.9 Å². The first-order chi connectivity index (χ1) is 16.8. The lowest BCUT2D eigenvalue weighted by atomic mass is 10.1.